The van der Waals surface area contributed by atoms with E-state index in [9.17, 15) is 14.4 Å². The van der Waals surface area contributed by atoms with Crippen LogP contribution in [-0.4, -0.2) is 78.5 Å². The largest absolute Gasteiger partial charge is 0.463 e. The van der Waals surface area contributed by atoms with Crippen molar-refractivity contribution in [2.45, 2.75) is 13.0 Å². The van der Waals surface area contributed by atoms with Gasteiger partial charge in [-0.05, 0) is 36.8 Å². The summed E-state index contributed by atoms with van der Waals surface area (Å²) in [4.78, 5) is 44.9. The minimum absolute atomic E-state index is 0.118. The minimum Gasteiger partial charge on any atom is -0.463 e. The maximum atomic E-state index is 13.3. The third-order valence-corrected chi connectivity index (χ3v) is 7.13. The molecule has 4 rings (SSSR count). The molecule has 2 aliphatic heterocycles. The normalized spacial score (nSPS) is 18.3. The highest BCUT2D eigenvalue weighted by atomic mass is 35.5. The second kappa shape index (κ2) is 12.5. The summed E-state index contributed by atoms with van der Waals surface area (Å²) < 4.78 is 5.44. The van der Waals surface area contributed by atoms with E-state index >= 15 is 0 Å². The number of piperazine rings is 1. The average molecular weight is 557 g/mol. The maximum Gasteiger partial charge on any atom is 0.338 e. The van der Waals surface area contributed by atoms with Crippen LogP contribution in [0.15, 0.2) is 72.5 Å². The summed E-state index contributed by atoms with van der Waals surface area (Å²) in [7, 11) is 0. The quantitative estimate of drug-likeness (QED) is 0.382. The van der Waals surface area contributed by atoms with Crippen molar-refractivity contribution in [2.24, 2.45) is 0 Å². The smallest absolute Gasteiger partial charge is 0.338 e. The fraction of sp³-hybridized carbons (Fsp3) is 0.321. The first kappa shape index (κ1) is 27.7. The molecular weight excluding hydrogens is 527 g/mol. The summed E-state index contributed by atoms with van der Waals surface area (Å²) in [6.45, 7) is 8.34. The molecule has 0 bridgehead atoms. The maximum absolute atomic E-state index is 13.3. The number of rotatable bonds is 8. The van der Waals surface area contributed by atoms with E-state index in [0.29, 0.717) is 65.2 Å². The molecule has 0 saturated carbocycles. The average Bonchev–Trinajstić information content (AvgIpc) is 2.91. The fourth-order valence-electron chi connectivity index (χ4n) is 4.71. The van der Waals surface area contributed by atoms with Gasteiger partial charge in [-0.15, -0.1) is 6.58 Å². The summed E-state index contributed by atoms with van der Waals surface area (Å²) in [5.74, 6) is -0.623. The van der Waals surface area contributed by atoms with E-state index in [2.05, 4.69) is 16.8 Å². The number of nitrogens with one attached hydrogen (secondary N) is 1. The van der Waals surface area contributed by atoms with E-state index in [1.54, 1.807) is 60.4 Å². The molecule has 2 aliphatic rings. The number of carbonyl (C=O) groups is 3. The zero-order chi connectivity index (χ0) is 27.2. The standard InChI is InChI=1S/C28H30Cl2N4O4/c1-3-12-34-23(18-32-13-15-33(16-14-32)26(35)21-10-5-6-11-22(21)30)24(27(36)38-4-2)25(31-28(34)37)19-8-7-9-20(29)17-19/h3,5-11,17,25H,1,4,12-16,18H2,2H3,(H,31,37). The molecule has 0 aromatic heterocycles. The number of carbonyl (C=O) groups excluding carboxylic acids is 3. The van der Waals surface area contributed by atoms with Crippen molar-refractivity contribution >= 4 is 41.1 Å². The van der Waals surface area contributed by atoms with Crippen LogP contribution in [0, 0.1) is 0 Å². The van der Waals surface area contributed by atoms with E-state index in [0.717, 1.165) is 0 Å². The third kappa shape index (κ3) is 6.04. The number of ether oxygens (including phenoxy) is 1. The van der Waals surface area contributed by atoms with Gasteiger partial charge in [0.2, 0.25) is 0 Å². The summed E-state index contributed by atoms with van der Waals surface area (Å²) in [5, 5.41) is 3.85. The van der Waals surface area contributed by atoms with Gasteiger partial charge in [0, 0.05) is 50.0 Å². The number of hydrogen-bond donors (Lipinski definition) is 1. The van der Waals surface area contributed by atoms with Crippen molar-refractivity contribution < 1.29 is 19.1 Å². The van der Waals surface area contributed by atoms with Gasteiger partial charge in [-0.25, -0.2) is 9.59 Å². The Kier molecular flexibility index (Phi) is 9.09. The lowest BCUT2D eigenvalue weighted by Crippen LogP contribution is -2.53. The predicted molar refractivity (Wildman–Crippen MR) is 147 cm³/mol. The minimum atomic E-state index is -0.723. The highest BCUT2D eigenvalue weighted by molar-refractivity contribution is 6.33. The molecule has 0 aliphatic carbocycles. The number of urea groups is 1. The van der Waals surface area contributed by atoms with Gasteiger partial charge in [0.25, 0.3) is 5.91 Å². The monoisotopic (exact) mass is 556 g/mol. The topological polar surface area (TPSA) is 82.2 Å². The Balaban J connectivity index is 1.62. The number of amides is 3. The molecular formula is C28H30Cl2N4O4. The molecule has 8 nitrogen and oxygen atoms in total. The van der Waals surface area contributed by atoms with Gasteiger partial charge in [-0.1, -0.05) is 53.5 Å². The van der Waals surface area contributed by atoms with Crippen LogP contribution in [-0.2, 0) is 9.53 Å². The van der Waals surface area contributed by atoms with Crippen LogP contribution < -0.4 is 5.32 Å². The molecule has 1 fully saturated rings. The molecule has 0 radical (unpaired) electrons. The van der Waals surface area contributed by atoms with Gasteiger partial charge in [0.15, 0.2) is 0 Å². The molecule has 1 N–H and O–H groups in total. The van der Waals surface area contributed by atoms with Crippen molar-refractivity contribution in [1.82, 2.24) is 20.0 Å². The van der Waals surface area contributed by atoms with Crippen molar-refractivity contribution in [1.29, 1.82) is 0 Å². The molecule has 200 valence electrons. The van der Waals surface area contributed by atoms with E-state index in [1.165, 1.54) is 4.90 Å². The van der Waals surface area contributed by atoms with Gasteiger partial charge in [0.1, 0.15) is 0 Å². The Morgan fingerprint density at radius 3 is 2.50 bits per heavy atom. The Labute approximate surface area is 232 Å². The second-order valence-electron chi connectivity index (χ2n) is 8.97. The number of hydrogen-bond acceptors (Lipinski definition) is 5. The van der Waals surface area contributed by atoms with Gasteiger partial charge in [-0.3, -0.25) is 14.6 Å². The Morgan fingerprint density at radius 1 is 1.11 bits per heavy atom. The molecule has 10 heteroatoms. The molecule has 2 aromatic carbocycles. The van der Waals surface area contributed by atoms with Gasteiger partial charge >= 0.3 is 12.0 Å². The first-order valence-electron chi connectivity index (χ1n) is 12.4. The predicted octanol–water partition coefficient (Wildman–Crippen LogP) is 4.52. The molecule has 3 amide bonds. The molecule has 2 heterocycles. The van der Waals surface area contributed by atoms with Crippen LogP contribution in [0.2, 0.25) is 10.0 Å². The Morgan fingerprint density at radius 2 is 1.84 bits per heavy atom. The summed E-state index contributed by atoms with van der Waals surface area (Å²) in [5.41, 5.74) is 2.05. The van der Waals surface area contributed by atoms with E-state index in [1.807, 2.05) is 6.07 Å². The number of nitrogens with zero attached hydrogens (tertiary/aromatic N) is 3. The van der Waals surface area contributed by atoms with Crippen molar-refractivity contribution in [3.8, 4) is 0 Å². The highest BCUT2D eigenvalue weighted by Gasteiger charge is 2.39. The molecule has 0 spiro atoms. The van der Waals surface area contributed by atoms with Crippen molar-refractivity contribution in [3.05, 3.63) is 93.6 Å². The number of esters is 1. The van der Waals surface area contributed by atoms with Crippen LogP contribution >= 0.6 is 23.2 Å². The molecule has 38 heavy (non-hydrogen) atoms. The lowest BCUT2D eigenvalue weighted by Gasteiger charge is -2.40. The number of benzene rings is 2. The lowest BCUT2D eigenvalue weighted by molar-refractivity contribution is -0.139. The van der Waals surface area contributed by atoms with Gasteiger partial charge in [0.05, 0.1) is 28.8 Å². The number of halogens is 2. The lowest BCUT2D eigenvalue weighted by atomic mass is 9.94. The van der Waals surface area contributed by atoms with E-state index in [4.69, 9.17) is 27.9 Å². The van der Waals surface area contributed by atoms with Crippen LogP contribution in [0.3, 0.4) is 0 Å². The van der Waals surface area contributed by atoms with Gasteiger partial charge < -0.3 is 15.0 Å². The van der Waals surface area contributed by atoms with Gasteiger partial charge in [-0.2, -0.15) is 0 Å². The van der Waals surface area contributed by atoms with E-state index in [-0.39, 0.29) is 25.1 Å². The van der Waals surface area contributed by atoms with Crippen molar-refractivity contribution in [3.63, 3.8) is 0 Å². The molecule has 1 unspecified atom stereocenters. The zero-order valence-corrected chi connectivity index (χ0v) is 22.7. The highest BCUT2D eigenvalue weighted by Crippen LogP contribution is 2.33. The molecule has 1 saturated heterocycles. The fourth-order valence-corrected chi connectivity index (χ4v) is 5.12. The first-order chi connectivity index (χ1) is 18.3. The summed E-state index contributed by atoms with van der Waals surface area (Å²) in [6.07, 6.45) is 1.61. The Hall–Kier alpha value is -3.33. The SMILES string of the molecule is C=CCN1C(=O)NC(c2cccc(Cl)c2)C(C(=O)OCC)=C1CN1CCN(C(=O)c2ccccc2Cl)CC1. The third-order valence-electron chi connectivity index (χ3n) is 6.56. The van der Waals surface area contributed by atoms with Crippen LogP contribution in [0.1, 0.15) is 28.9 Å². The van der Waals surface area contributed by atoms with Crippen molar-refractivity contribution in [2.75, 3.05) is 45.9 Å². The van der Waals surface area contributed by atoms with Crippen LogP contribution in [0.4, 0.5) is 4.79 Å². The molecule has 2 aromatic rings. The van der Waals surface area contributed by atoms with E-state index < -0.39 is 12.0 Å². The zero-order valence-electron chi connectivity index (χ0n) is 21.2. The summed E-state index contributed by atoms with van der Waals surface area (Å²) in [6, 6.07) is 13.0. The van der Waals surface area contributed by atoms with Crippen LogP contribution in [0.25, 0.3) is 0 Å². The Bertz CT molecular complexity index is 1260. The first-order valence-corrected chi connectivity index (χ1v) is 13.2. The molecule has 1 atom stereocenters. The summed E-state index contributed by atoms with van der Waals surface area (Å²) >= 11 is 12.5. The van der Waals surface area contributed by atoms with Crippen LogP contribution in [0.5, 0.6) is 0 Å². The second-order valence-corrected chi connectivity index (χ2v) is 9.81.